The molecule has 0 saturated carbocycles. The summed E-state index contributed by atoms with van der Waals surface area (Å²) in [6.45, 7) is 2.03. The molecule has 0 aliphatic rings. The first-order valence-corrected chi connectivity index (χ1v) is 8.31. The molecule has 0 spiro atoms. The van der Waals surface area contributed by atoms with E-state index in [1.165, 1.54) is 11.8 Å². The van der Waals surface area contributed by atoms with Crippen LogP contribution in [0.1, 0.15) is 23.0 Å². The van der Waals surface area contributed by atoms with E-state index >= 15 is 0 Å². The number of ether oxygens (including phenoxy) is 1. The summed E-state index contributed by atoms with van der Waals surface area (Å²) in [6, 6.07) is 11.5. The third-order valence-corrected chi connectivity index (χ3v) is 4.29. The Morgan fingerprint density at radius 2 is 1.95 bits per heavy atom. The molecule has 22 heavy (non-hydrogen) atoms. The number of amides is 1. The van der Waals surface area contributed by atoms with Gasteiger partial charge in [-0.2, -0.15) is 0 Å². The molecule has 0 unspecified atom stereocenters. The monoisotopic (exact) mass is 319 g/mol. The summed E-state index contributed by atoms with van der Waals surface area (Å²) in [7, 11) is 3.45. The maximum atomic E-state index is 12.4. The van der Waals surface area contributed by atoms with Gasteiger partial charge >= 0.3 is 0 Å². The van der Waals surface area contributed by atoms with Crippen LogP contribution in [-0.4, -0.2) is 37.3 Å². The molecule has 1 amide bonds. The maximum absolute atomic E-state index is 12.4. The molecule has 1 heterocycles. The molecule has 0 N–H and O–H groups in total. The SMILES string of the molecule is COc1ccc(C[C@@H](C)N(C)C(=O)c2ccc(SC)o2)cc1. The molecule has 0 radical (unpaired) electrons. The molecule has 1 aromatic carbocycles. The minimum atomic E-state index is -0.0960. The molecule has 5 heteroatoms. The third kappa shape index (κ3) is 3.85. The number of benzene rings is 1. The molecule has 0 aliphatic heterocycles. The van der Waals surface area contributed by atoms with Crippen LogP contribution in [0.25, 0.3) is 0 Å². The highest BCUT2D eigenvalue weighted by Crippen LogP contribution is 2.20. The minimum absolute atomic E-state index is 0.0729. The zero-order chi connectivity index (χ0) is 16.1. The Morgan fingerprint density at radius 3 is 2.50 bits per heavy atom. The Hall–Kier alpha value is -1.88. The molecule has 0 fully saturated rings. The number of thioether (sulfide) groups is 1. The zero-order valence-electron chi connectivity index (χ0n) is 13.3. The number of nitrogens with zero attached hydrogens (tertiary/aromatic N) is 1. The van der Waals surface area contributed by atoms with Crippen molar-refractivity contribution in [1.82, 2.24) is 4.90 Å². The van der Waals surface area contributed by atoms with E-state index in [-0.39, 0.29) is 11.9 Å². The van der Waals surface area contributed by atoms with Gasteiger partial charge in [-0.15, -0.1) is 0 Å². The standard InChI is InChI=1S/C17H21NO3S/c1-12(11-13-5-7-14(20-3)8-6-13)18(2)17(19)15-9-10-16(21-15)22-4/h5-10,12H,11H2,1-4H3/t12-/m1/s1. The lowest BCUT2D eigenvalue weighted by molar-refractivity contribution is 0.0706. The van der Waals surface area contributed by atoms with Crippen molar-refractivity contribution in [3.05, 3.63) is 47.7 Å². The van der Waals surface area contributed by atoms with Crippen LogP contribution in [0, 0.1) is 0 Å². The molecule has 0 bridgehead atoms. The average molecular weight is 319 g/mol. The number of hydrogen-bond acceptors (Lipinski definition) is 4. The van der Waals surface area contributed by atoms with Crippen molar-refractivity contribution < 1.29 is 13.9 Å². The van der Waals surface area contributed by atoms with Crippen molar-refractivity contribution in [2.75, 3.05) is 20.4 Å². The fourth-order valence-electron chi connectivity index (χ4n) is 2.16. The van der Waals surface area contributed by atoms with Crippen molar-refractivity contribution in [3.63, 3.8) is 0 Å². The number of methoxy groups -OCH3 is 1. The van der Waals surface area contributed by atoms with Gasteiger partial charge in [-0.05, 0) is 49.4 Å². The number of hydrogen-bond donors (Lipinski definition) is 0. The summed E-state index contributed by atoms with van der Waals surface area (Å²) in [5, 5.41) is 0.750. The van der Waals surface area contributed by atoms with Crippen LogP contribution in [0.15, 0.2) is 45.9 Å². The van der Waals surface area contributed by atoms with E-state index in [9.17, 15) is 4.79 Å². The maximum Gasteiger partial charge on any atom is 0.289 e. The second-order valence-corrected chi connectivity index (χ2v) is 5.95. The van der Waals surface area contributed by atoms with Crippen LogP contribution in [0.2, 0.25) is 0 Å². The Bertz CT molecular complexity index is 621. The van der Waals surface area contributed by atoms with Gasteiger partial charge in [0.2, 0.25) is 0 Å². The lowest BCUT2D eigenvalue weighted by atomic mass is 10.1. The van der Waals surface area contributed by atoms with Crippen molar-refractivity contribution in [2.24, 2.45) is 0 Å². The molecule has 1 aromatic heterocycles. The first-order valence-electron chi connectivity index (χ1n) is 7.09. The highest BCUT2D eigenvalue weighted by molar-refractivity contribution is 7.98. The van der Waals surface area contributed by atoms with Crippen LogP contribution in [0.4, 0.5) is 0 Å². The second-order valence-electron chi connectivity index (χ2n) is 5.14. The largest absolute Gasteiger partial charge is 0.497 e. The fourth-order valence-corrected chi connectivity index (χ4v) is 2.54. The molecule has 4 nitrogen and oxygen atoms in total. The first kappa shape index (κ1) is 16.5. The highest BCUT2D eigenvalue weighted by Gasteiger charge is 2.20. The smallest absolute Gasteiger partial charge is 0.289 e. The number of carbonyl (C=O) groups excluding carboxylic acids is 1. The Labute approximate surface area is 135 Å². The third-order valence-electron chi connectivity index (χ3n) is 3.66. The number of furan rings is 1. The summed E-state index contributed by atoms with van der Waals surface area (Å²) in [5.74, 6) is 1.12. The van der Waals surface area contributed by atoms with Gasteiger partial charge in [-0.1, -0.05) is 23.9 Å². The van der Waals surface area contributed by atoms with Crippen LogP contribution in [-0.2, 0) is 6.42 Å². The van der Waals surface area contributed by atoms with E-state index in [1.54, 1.807) is 25.1 Å². The summed E-state index contributed by atoms with van der Waals surface area (Å²) < 4.78 is 10.7. The summed E-state index contributed by atoms with van der Waals surface area (Å²) in [5.41, 5.74) is 1.16. The summed E-state index contributed by atoms with van der Waals surface area (Å²) >= 11 is 1.48. The Kier molecular flexibility index (Phi) is 5.55. The van der Waals surface area contributed by atoms with E-state index in [0.29, 0.717) is 5.76 Å². The molecule has 2 rings (SSSR count). The topological polar surface area (TPSA) is 42.7 Å². The van der Waals surface area contributed by atoms with E-state index in [1.807, 2.05) is 43.5 Å². The van der Waals surface area contributed by atoms with Crippen molar-refractivity contribution in [3.8, 4) is 5.75 Å². The van der Waals surface area contributed by atoms with E-state index < -0.39 is 0 Å². The van der Waals surface area contributed by atoms with Gasteiger partial charge in [-0.3, -0.25) is 4.79 Å². The van der Waals surface area contributed by atoms with E-state index in [4.69, 9.17) is 9.15 Å². The zero-order valence-corrected chi connectivity index (χ0v) is 14.1. The number of rotatable bonds is 6. The molecule has 0 saturated heterocycles. The normalized spacial score (nSPS) is 12.0. The first-order chi connectivity index (χ1) is 10.5. The van der Waals surface area contributed by atoms with Gasteiger partial charge in [0.05, 0.1) is 7.11 Å². The molecular formula is C17H21NO3S. The van der Waals surface area contributed by atoms with E-state index in [2.05, 4.69) is 0 Å². The summed E-state index contributed by atoms with van der Waals surface area (Å²) in [6.07, 6.45) is 2.70. The lowest BCUT2D eigenvalue weighted by Crippen LogP contribution is -2.36. The minimum Gasteiger partial charge on any atom is -0.497 e. The van der Waals surface area contributed by atoms with Crippen LogP contribution in [0.3, 0.4) is 0 Å². The van der Waals surface area contributed by atoms with Crippen molar-refractivity contribution in [1.29, 1.82) is 0 Å². The van der Waals surface area contributed by atoms with Crippen LogP contribution >= 0.6 is 11.8 Å². The van der Waals surface area contributed by atoms with Crippen molar-refractivity contribution >= 4 is 17.7 Å². The predicted octanol–water partition coefficient (Wildman–Crippen LogP) is 3.71. The number of carbonyl (C=O) groups is 1. The highest BCUT2D eigenvalue weighted by atomic mass is 32.2. The van der Waals surface area contributed by atoms with Gasteiger partial charge in [0, 0.05) is 13.1 Å². The molecule has 1 atom stereocenters. The quantitative estimate of drug-likeness (QED) is 0.761. The number of likely N-dealkylation sites (N-methyl/N-ethyl adjacent to an activating group) is 1. The molecule has 2 aromatic rings. The average Bonchev–Trinajstić information content (AvgIpc) is 3.03. The van der Waals surface area contributed by atoms with Gasteiger partial charge in [0.15, 0.2) is 10.9 Å². The Morgan fingerprint density at radius 1 is 1.27 bits per heavy atom. The summed E-state index contributed by atoms with van der Waals surface area (Å²) in [4.78, 5) is 14.1. The second kappa shape index (κ2) is 7.40. The van der Waals surface area contributed by atoms with Gasteiger partial charge in [-0.25, -0.2) is 0 Å². The van der Waals surface area contributed by atoms with Gasteiger partial charge in [0.25, 0.3) is 5.91 Å². The van der Waals surface area contributed by atoms with E-state index in [0.717, 1.165) is 22.8 Å². The predicted molar refractivity (Wildman–Crippen MR) is 88.7 cm³/mol. The Balaban J connectivity index is 2.01. The fraction of sp³-hybridized carbons (Fsp3) is 0.353. The van der Waals surface area contributed by atoms with Crippen LogP contribution < -0.4 is 4.74 Å². The van der Waals surface area contributed by atoms with Crippen LogP contribution in [0.5, 0.6) is 5.75 Å². The van der Waals surface area contributed by atoms with Crippen molar-refractivity contribution in [2.45, 2.75) is 24.5 Å². The van der Waals surface area contributed by atoms with Gasteiger partial charge in [0.1, 0.15) is 5.75 Å². The molecule has 0 aliphatic carbocycles. The lowest BCUT2D eigenvalue weighted by Gasteiger charge is -2.24. The molecular weight excluding hydrogens is 298 g/mol. The van der Waals surface area contributed by atoms with Gasteiger partial charge < -0.3 is 14.1 Å². The molecule has 118 valence electrons.